The van der Waals surface area contributed by atoms with Gasteiger partial charge in [0.05, 0.1) is 31.2 Å². The van der Waals surface area contributed by atoms with Crippen molar-refractivity contribution in [2.24, 2.45) is 11.7 Å². The smallest absolute Gasteiger partial charge is 0.410 e. The lowest BCUT2D eigenvalue weighted by Gasteiger charge is -2.35. The maximum Gasteiger partial charge on any atom is 0.410 e. The molecule has 3 N–H and O–H groups in total. The van der Waals surface area contributed by atoms with Gasteiger partial charge in [-0.1, -0.05) is 0 Å². The van der Waals surface area contributed by atoms with Crippen LogP contribution in [0.15, 0.2) is 30.5 Å². The summed E-state index contributed by atoms with van der Waals surface area (Å²) in [6.07, 6.45) is 1.88. The molecule has 3 atom stereocenters. The van der Waals surface area contributed by atoms with Crippen molar-refractivity contribution in [2.45, 2.75) is 25.0 Å². The van der Waals surface area contributed by atoms with Gasteiger partial charge in [0.25, 0.3) is 5.91 Å². The van der Waals surface area contributed by atoms with Gasteiger partial charge < -0.3 is 25.4 Å². The van der Waals surface area contributed by atoms with Gasteiger partial charge >= 0.3 is 6.09 Å². The number of nitrogens with two attached hydrogens (primary N) is 1. The van der Waals surface area contributed by atoms with Crippen molar-refractivity contribution in [3.8, 4) is 6.07 Å². The molecule has 1 aromatic heterocycles. The minimum atomic E-state index is -0.686. The van der Waals surface area contributed by atoms with Gasteiger partial charge in [-0.05, 0) is 30.7 Å². The van der Waals surface area contributed by atoms with E-state index in [1.807, 2.05) is 0 Å². The van der Waals surface area contributed by atoms with Crippen LogP contribution in [0.4, 0.5) is 20.7 Å². The van der Waals surface area contributed by atoms with Crippen molar-refractivity contribution >= 4 is 23.5 Å². The molecule has 0 bridgehead atoms. The second-order valence-corrected chi connectivity index (χ2v) is 7.77. The molecule has 4 rings (SSSR count). The second kappa shape index (κ2) is 9.23. The van der Waals surface area contributed by atoms with Crippen LogP contribution in [0.3, 0.4) is 0 Å². The Balaban J connectivity index is 1.49. The lowest BCUT2D eigenvalue weighted by molar-refractivity contribution is 0.0410. The highest BCUT2D eigenvalue weighted by Gasteiger charge is 2.35. The highest BCUT2D eigenvalue weighted by molar-refractivity contribution is 5.98. The maximum absolute atomic E-state index is 13.2. The number of primary amides is 1. The average molecular weight is 442 g/mol. The van der Waals surface area contributed by atoms with Crippen molar-refractivity contribution in [1.82, 2.24) is 14.7 Å². The number of nitrogens with one attached hydrogen (secondary N) is 1. The van der Waals surface area contributed by atoms with Gasteiger partial charge in [0.1, 0.15) is 17.5 Å². The number of piperidine rings is 1. The molecule has 2 aliphatic rings. The van der Waals surface area contributed by atoms with E-state index in [0.717, 1.165) is 0 Å². The molecule has 3 heterocycles. The fourth-order valence-electron chi connectivity index (χ4n) is 3.88. The summed E-state index contributed by atoms with van der Waals surface area (Å²) >= 11 is 0. The summed E-state index contributed by atoms with van der Waals surface area (Å²) in [5.41, 5.74) is 6.18. The number of rotatable bonds is 5. The molecule has 1 aromatic carbocycles. The second-order valence-electron chi connectivity index (χ2n) is 7.77. The molecule has 2 fully saturated rings. The van der Waals surface area contributed by atoms with Crippen LogP contribution in [-0.2, 0) is 9.47 Å². The molecule has 2 saturated heterocycles. The summed E-state index contributed by atoms with van der Waals surface area (Å²) in [6.45, 7) is 1.51. The van der Waals surface area contributed by atoms with Crippen LogP contribution in [0.5, 0.6) is 0 Å². The van der Waals surface area contributed by atoms with Crippen LogP contribution >= 0.6 is 0 Å². The lowest BCUT2D eigenvalue weighted by Crippen LogP contribution is -2.45. The fourth-order valence-corrected chi connectivity index (χ4v) is 3.88. The van der Waals surface area contributed by atoms with E-state index in [1.165, 1.54) is 40.0 Å². The number of nitrogens with zero attached hydrogens (tertiary/aromatic N) is 4. The highest BCUT2D eigenvalue weighted by Crippen LogP contribution is 2.31. The van der Waals surface area contributed by atoms with E-state index in [-0.39, 0.29) is 35.9 Å². The van der Waals surface area contributed by atoms with E-state index < -0.39 is 17.9 Å². The number of carbonyl (C=O) groups excluding carboxylic acids is 2. The Morgan fingerprint density at radius 1 is 1.31 bits per heavy atom. The summed E-state index contributed by atoms with van der Waals surface area (Å²) in [7, 11) is 0. The van der Waals surface area contributed by atoms with Crippen LogP contribution in [0, 0.1) is 23.1 Å². The van der Waals surface area contributed by atoms with E-state index in [1.54, 1.807) is 0 Å². The molecule has 32 heavy (non-hydrogen) atoms. The predicted octanol–water partition coefficient (Wildman–Crippen LogP) is 2.18. The van der Waals surface area contributed by atoms with Gasteiger partial charge in [0, 0.05) is 31.4 Å². The van der Waals surface area contributed by atoms with E-state index in [9.17, 15) is 19.2 Å². The zero-order chi connectivity index (χ0) is 22.7. The number of ether oxygens (including phenoxy) is 2. The van der Waals surface area contributed by atoms with Gasteiger partial charge in [-0.25, -0.2) is 9.18 Å². The Hall–Kier alpha value is -3.65. The minimum Gasteiger partial charge on any atom is -0.444 e. The van der Waals surface area contributed by atoms with Crippen molar-refractivity contribution in [2.75, 3.05) is 31.6 Å². The first-order valence-corrected chi connectivity index (χ1v) is 10.3. The zero-order valence-corrected chi connectivity index (χ0v) is 17.2. The minimum absolute atomic E-state index is 0.147. The Labute approximate surface area is 183 Å². The quantitative estimate of drug-likeness (QED) is 0.724. The molecule has 0 radical (unpaired) electrons. The molecule has 10 nitrogen and oxygen atoms in total. The lowest BCUT2D eigenvalue weighted by atomic mass is 9.94. The number of hydrogen-bond acceptors (Lipinski definition) is 7. The first kappa shape index (κ1) is 21.6. The molecule has 3 unspecified atom stereocenters. The molecular weight excluding hydrogens is 419 g/mol. The summed E-state index contributed by atoms with van der Waals surface area (Å²) in [5.74, 6) is -1.42. The first-order valence-electron chi connectivity index (χ1n) is 10.3. The van der Waals surface area contributed by atoms with Crippen LogP contribution < -0.4 is 11.1 Å². The number of amides is 2. The number of aromatic nitrogens is 2. The van der Waals surface area contributed by atoms with Crippen molar-refractivity contribution in [3.05, 3.63) is 41.8 Å². The van der Waals surface area contributed by atoms with Crippen molar-refractivity contribution in [3.63, 3.8) is 0 Å². The molecule has 0 spiro atoms. The maximum atomic E-state index is 13.2. The third-order valence-electron chi connectivity index (χ3n) is 5.60. The van der Waals surface area contributed by atoms with E-state index >= 15 is 0 Å². The van der Waals surface area contributed by atoms with Gasteiger partial charge in [-0.2, -0.15) is 10.4 Å². The van der Waals surface area contributed by atoms with E-state index in [4.69, 9.17) is 15.2 Å². The number of hydrogen-bond donors (Lipinski definition) is 2. The molecule has 0 saturated carbocycles. The van der Waals surface area contributed by atoms with Gasteiger partial charge in [-0.3, -0.25) is 9.48 Å². The number of likely N-dealkylation sites (tertiary alicyclic amines) is 1. The summed E-state index contributed by atoms with van der Waals surface area (Å²) in [5, 5.41) is 17.1. The number of nitriles is 1. The number of carbonyl (C=O) groups is 2. The van der Waals surface area contributed by atoms with E-state index in [2.05, 4.69) is 16.5 Å². The third kappa shape index (κ3) is 4.65. The van der Waals surface area contributed by atoms with Crippen LogP contribution in [0.1, 0.15) is 29.2 Å². The monoisotopic (exact) mass is 442 g/mol. The van der Waals surface area contributed by atoms with Gasteiger partial charge in [0.2, 0.25) is 0 Å². The fraction of sp³-hybridized carbons (Fsp3) is 0.429. The van der Waals surface area contributed by atoms with Gasteiger partial charge in [0.15, 0.2) is 5.82 Å². The van der Waals surface area contributed by atoms with Gasteiger partial charge in [-0.15, -0.1) is 0 Å². The molecular formula is C21H23FN6O4. The number of halogens is 1. The van der Waals surface area contributed by atoms with Crippen LogP contribution in [-0.4, -0.2) is 59.1 Å². The number of anilines is 2. The largest absolute Gasteiger partial charge is 0.444 e. The molecule has 0 aliphatic carbocycles. The molecule has 2 aliphatic heterocycles. The van der Waals surface area contributed by atoms with Crippen LogP contribution in [0.2, 0.25) is 0 Å². The molecule has 168 valence electrons. The van der Waals surface area contributed by atoms with Crippen molar-refractivity contribution in [1.29, 1.82) is 5.26 Å². The zero-order valence-electron chi connectivity index (χ0n) is 17.2. The number of benzene rings is 1. The summed E-state index contributed by atoms with van der Waals surface area (Å²) < 4.78 is 25.4. The standard InChI is InChI=1S/C21H23FN6O4/c22-14-1-3-15(4-2-14)25-20-17(19(24)29)11-28(26-20)18-5-7-27(10-13(18)9-23)21(30)32-16-6-8-31-12-16/h1-4,11,13,16,18H,5-8,10,12H2,(H2,24,29)(H,25,26). The Morgan fingerprint density at radius 3 is 2.75 bits per heavy atom. The van der Waals surface area contributed by atoms with Crippen LogP contribution in [0.25, 0.3) is 0 Å². The molecule has 2 aromatic rings. The SMILES string of the molecule is N#CC1CN(C(=O)OC2CCOC2)CCC1n1cc(C(N)=O)c(Nc2ccc(F)cc2)n1. The Morgan fingerprint density at radius 2 is 2.09 bits per heavy atom. The highest BCUT2D eigenvalue weighted by atomic mass is 19.1. The summed E-state index contributed by atoms with van der Waals surface area (Å²) in [6, 6.07) is 7.45. The normalized spacial score (nSPS) is 22.9. The van der Waals surface area contributed by atoms with E-state index in [0.29, 0.717) is 38.3 Å². The first-order chi connectivity index (χ1) is 15.4. The third-order valence-corrected chi connectivity index (χ3v) is 5.60. The topological polar surface area (TPSA) is 136 Å². The molecule has 11 heteroatoms. The Bertz CT molecular complexity index is 1030. The average Bonchev–Trinajstić information content (AvgIpc) is 3.45. The van der Waals surface area contributed by atoms with Crippen molar-refractivity contribution < 1.29 is 23.5 Å². The Kier molecular flexibility index (Phi) is 6.23. The molecule has 2 amide bonds. The summed E-state index contributed by atoms with van der Waals surface area (Å²) in [4.78, 5) is 25.9. The predicted molar refractivity (Wildman–Crippen MR) is 110 cm³/mol.